The van der Waals surface area contributed by atoms with E-state index in [9.17, 15) is 14.9 Å². The van der Waals surface area contributed by atoms with Crippen LogP contribution in [0.4, 0.5) is 5.69 Å². The summed E-state index contributed by atoms with van der Waals surface area (Å²) in [6.45, 7) is 0. The van der Waals surface area contributed by atoms with Gasteiger partial charge in [0.15, 0.2) is 0 Å². The Hall–Kier alpha value is -2.69. The zero-order valence-electron chi connectivity index (χ0n) is 10.2. The van der Waals surface area contributed by atoms with Gasteiger partial charge in [-0.2, -0.15) is 0 Å². The molecule has 0 radical (unpaired) electrons. The lowest BCUT2D eigenvalue weighted by molar-refractivity contribution is -0.384. The molecule has 0 unspecified atom stereocenters. The molecule has 5 heteroatoms. The van der Waals surface area contributed by atoms with E-state index in [1.54, 1.807) is 36.4 Å². The molecule has 19 heavy (non-hydrogen) atoms. The Morgan fingerprint density at radius 2 is 2.00 bits per heavy atom. The predicted molar refractivity (Wildman–Crippen MR) is 70.5 cm³/mol. The van der Waals surface area contributed by atoms with Crippen LogP contribution < -0.4 is 4.74 Å². The third-order valence-corrected chi connectivity index (χ3v) is 2.74. The largest absolute Gasteiger partial charge is 0.497 e. The van der Waals surface area contributed by atoms with Gasteiger partial charge in [0, 0.05) is 11.6 Å². The van der Waals surface area contributed by atoms with Crippen LogP contribution in [0.3, 0.4) is 0 Å². The number of rotatable bonds is 4. The maximum atomic E-state index is 11.1. The summed E-state index contributed by atoms with van der Waals surface area (Å²) in [6.07, 6.45) is 0.586. The monoisotopic (exact) mass is 257 g/mol. The molecule has 0 aliphatic rings. The number of carbonyl (C=O) groups is 1. The molecule has 2 rings (SSSR count). The summed E-state index contributed by atoms with van der Waals surface area (Å²) in [7, 11) is 1.53. The van der Waals surface area contributed by atoms with Crippen molar-refractivity contribution in [2.24, 2.45) is 0 Å². The molecule has 0 N–H and O–H groups in total. The van der Waals surface area contributed by atoms with Gasteiger partial charge in [-0.3, -0.25) is 14.9 Å². The van der Waals surface area contributed by atoms with Crippen molar-refractivity contribution in [3.05, 3.63) is 58.1 Å². The van der Waals surface area contributed by atoms with Gasteiger partial charge in [0.05, 0.1) is 17.6 Å². The molecular formula is C14H11NO4. The highest BCUT2D eigenvalue weighted by Crippen LogP contribution is 2.32. The summed E-state index contributed by atoms with van der Waals surface area (Å²) >= 11 is 0. The molecule has 0 fully saturated rings. The quantitative estimate of drug-likeness (QED) is 0.479. The maximum absolute atomic E-state index is 11.1. The second kappa shape index (κ2) is 5.30. The molecule has 5 nitrogen and oxygen atoms in total. The van der Waals surface area contributed by atoms with E-state index in [1.807, 2.05) is 0 Å². The molecule has 0 saturated carbocycles. The molecular weight excluding hydrogens is 246 g/mol. The second-order valence-corrected chi connectivity index (χ2v) is 3.88. The standard InChI is InChI=1S/C14H11NO4/c1-19-12-4-2-3-11(8-12)13-6-5-10(9-16)7-14(13)15(17)18/h2-9H,1H3. The van der Waals surface area contributed by atoms with Gasteiger partial charge in [0.1, 0.15) is 12.0 Å². The predicted octanol–water partition coefficient (Wildman–Crippen LogP) is 3.08. The molecule has 96 valence electrons. The minimum absolute atomic E-state index is 0.0992. The zero-order valence-corrected chi connectivity index (χ0v) is 10.2. The number of nitrogens with zero attached hydrogens (tertiary/aromatic N) is 1. The summed E-state index contributed by atoms with van der Waals surface area (Å²) in [5.41, 5.74) is 1.30. The Balaban J connectivity index is 2.60. The summed E-state index contributed by atoms with van der Waals surface area (Å²) in [4.78, 5) is 21.3. The van der Waals surface area contributed by atoms with Gasteiger partial charge in [-0.05, 0) is 23.8 Å². The maximum Gasteiger partial charge on any atom is 0.277 e. The number of nitro benzene ring substituents is 1. The van der Waals surface area contributed by atoms with Crippen molar-refractivity contribution in [1.82, 2.24) is 0 Å². The highest BCUT2D eigenvalue weighted by molar-refractivity contribution is 5.82. The average Bonchev–Trinajstić information content (AvgIpc) is 2.46. The van der Waals surface area contributed by atoms with Crippen LogP contribution in [0, 0.1) is 10.1 Å². The first kappa shape index (κ1) is 12.8. The van der Waals surface area contributed by atoms with Gasteiger partial charge in [0.2, 0.25) is 0 Å². The fourth-order valence-corrected chi connectivity index (χ4v) is 1.81. The lowest BCUT2D eigenvalue weighted by atomic mass is 10.0. The van der Waals surface area contributed by atoms with Crippen LogP contribution in [0.1, 0.15) is 10.4 Å². The Kier molecular flexibility index (Phi) is 3.56. The van der Waals surface area contributed by atoms with Crippen molar-refractivity contribution >= 4 is 12.0 Å². The van der Waals surface area contributed by atoms with Gasteiger partial charge in [-0.25, -0.2) is 0 Å². The number of carbonyl (C=O) groups excluding carboxylic acids is 1. The molecule has 0 amide bonds. The van der Waals surface area contributed by atoms with E-state index in [1.165, 1.54) is 13.2 Å². The number of methoxy groups -OCH3 is 1. The number of ether oxygens (including phenoxy) is 1. The van der Waals surface area contributed by atoms with Crippen molar-refractivity contribution in [1.29, 1.82) is 0 Å². The third kappa shape index (κ3) is 2.60. The van der Waals surface area contributed by atoms with Crippen molar-refractivity contribution < 1.29 is 14.5 Å². The van der Waals surface area contributed by atoms with Crippen molar-refractivity contribution in [2.45, 2.75) is 0 Å². The lowest BCUT2D eigenvalue weighted by Gasteiger charge is -2.06. The molecule has 2 aromatic carbocycles. The van der Waals surface area contributed by atoms with Gasteiger partial charge in [0.25, 0.3) is 5.69 Å². The van der Waals surface area contributed by atoms with E-state index in [2.05, 4.69) is 0 Å². The molecule has 0 heterocycles. The van der Waals surface area contributed by atoms with Crippen molar-refractivity contribution in [2.75, 3.05) is 7.11 Å². The van der Waals surface area contributed by atoms with Gasteiger partial charge >= 0.3 is 0 Å². The smallest absolute Gasteiger partial charge is 0.277 e. The SMILES string of the molecule is COc1cccc(-c2ccc(C=O)cc2[N+](=O)[O-])c1. The number of benzene rings is 2. The fraction of sp³-hybridized carbons (Fsp3) is 0.0714. The number of aldehydes is 1. The van der Waals surface area contributed by atoms with Crippen LogP contribution in [0.2, 0.25) is 0 Å². The second-order valence-electron chi connectivity index (χ2n) is 3.88. The van der Waals surface area contributed by atoms with E-state index >= 15 is 0 Å². The van der Waals surface area contributed by atoms with Gasteiger partial charge < -0.3 is 4.74 Å². The van der Waals surface area contributed by atoms with Gasteiger partial charge in [-0.1, -0.05) is 18.2 Å². The van der Waals surface area contributed by atoms with Crippen LogP contribution in [-0.4, -0.2) is 18.3 Å². The Morgan fingerprint density at radius 3 is 2.63 bits per heavy atom. The minimum atomic E-state index is -0.498. The summed E-state index contributed by atoms with van der Waals surface area (Å²) in [5.74, 6) is 0.617. The Labute approximate surface area is 109 Å². The molecule has 0 saturated heterocycles. The highest BCUT2D eigenvalue weighted by Gasteiger charge is 2.16. The summed E-state index contributed by atoms with van der Waals surface area (Å²) < 4.78 is 5.10. The van der Waals surface area contributed by atoms with Crippen LogP contribution in [-0.2, 0) is 0 Å². The average molecular weight is 257 g/mol. The lowest BCUT2D eigenvalue weighted by Crippen LogP contribution is -1.94. The number of nitro groups is 1. The van der Waals surface area contributed by atoms with Crippen LogP contribution in [0.5, 0.6) is 5.75 Å². The zero-order chi connectivity index (χ0) is 13.8. The molecule has 0 aromatic heterocycles. The fourth-order valence-electron chi connectivity index (χ4n) is 1.81. The van der Waals surface area contributed by atoms with Crippen LogP contribution in [0.25, 0.3) is 11.1 Å². The first-order valence-corrected chi connectivity index (χ1v) is 5.53. The van der Waals surface area contributed by atoms with Crippen LogP contribution in [0.15, 0.2) is 42.5 Å². The molecule has 0 aliphatic heterocycles. The van der Waals surface area contributed by atoms with E-state index in [-0.39, 0.29) is 11.3 Å². The molecule has 0 bridgehead atoms. The van der Waals surface area contributed by atoms with Crippen molar-refractivity contribution in [3.63, 3.8) is 0 Å². The first-order chi connectivity index (χ1) is 9.15. The number of hydrogen-bond donors (Lipinski definition) is 0. The summed E-state index contributed by atoms with van der Waals surface area (Å²) in [6, 6.07) is 11.4. The molecule has 0 atom stereocenters. The Bertz CT molecular complexity index is 637. The van der Waals surface area contributed by atoms with E-state index in [0.29, 0.717) is 23.2 Å². The molecule has 2 aromatic rings. The van der Waals surface area contributed by atoms with Crippen LogP contribution >= 0.6 is 0 Å². The normalized spacial score (nSPS) is 9.95. The van der Waals surface area contributed by atoms with E-state index < -0.39 is 4.92 Å². The number of hydrogen-bond acceptors (Lipinski definition) is 4. The first-order valence-electron chi connectivity index (χ1n) is 5.53. The summed E-state index contributed by atoms with van der Waals surface area (Å²) in [5, 5.41) is 11.1. The van der Waals surface area contributed by atoms with Gasteiger partial charge in [-0.15, -0.1) is 0 Å². The molecule has 0 aliphatic carbocycles. The Morgan fingerprint density at radius 1 is 1.21 bits per heavy atom. The van der Waals surface area contributed by atoms with E-state index in [4.69, 9.17) is 4.74 Å². The molecule has 0 spiro atoms. The van der Waals surface area contributed by atoms with Crippen molar-refractivity contribution in [3.8, 4) is 16.9 Å². The third-order valence-electron chi connectivity index (χ3n) is 2.74. The minimum Gasteiger partial charge on any atom is -0.497 e. The highest BCUT2D eigenvalue weighted by atomic mass is 16.6. The topological polar surface area (TPSA) is 69.4 Å². The van der Waals surface area contributed by atoms with E-state index in [0.717, 1.165) is 0 Å².